The van der Waals surface area contributed by atoms with Gasteiger partial charge in [-0.1, -0.05) is 0 Å². The molecule has 1 aromatic heterocycles. The lowest BCUT2D eigenvalue weighted by molar-refractivity contribution is -0.158. The fraction of sp³-hybridized carbons (Fsp3) is 0.400. The highest BCUT2D eigenvalue weighted by molar-refractivity contribution is 5.85. The van der Waals surface area contributed by atoms with E-state index in [1.165, 1.54) is 0 Å². The van der Waals surface area contributed by atoms with Crippen LogP contribution in [0.3, 0.4) is 0 Å². The third-order valence-electron chi connectivity index (χ3n) is 4.25. The number of hydrogen-bond donors (Lipinski definition) is 0. The second-order valence-corrected chi connectivity index (χ2v) is 6.75. The minimum absolute atomic E-state index is 0.105. The monoisotopic (exact) mass is 356 g/mol. The van der Waals surface area contributed by atoms with Gasteiger partial charge in [-0.15, -0.1) is 0 Å². The number of carbonyl (C=O) groups is 1. The Hall–Kier alpha value is -2.76. The van der Waals surface area contributed by atoms with Crippen molar-refractivity contribution in [3.05, 3.63) is 42.0 Å². The number of rotatable bonds is 5. The van der Waals surface area contributed by atoms with Crippen molar-refractivity contribution in [3.63, 3.8) is 0 Å². The van der Waals surface area contributed by atoms with Gasteiger partial charge in [0.2, 0.25) is 0 Å². The Kier molecular flexibility index (Phi) is 4.76. The average Bonchev–Trinajstić information content (AvgIpc) is 3.00. The number of ether oxygens (including phenoxy) is 3. The largest absolute Gasteiger partial charge is 0.485 e. The molecular formula is C20H24N2O4. The number of hydrogen-bond acceptors (Lipinski definition) is 5. The quantitative estimate of drug-likeness (QED) is 0.768. The summed E-state index contributed by atoms with van der Waals surface area (Å²) in [6.45, 7) is 7.47. The second kappa shape index (κ2) is 6.86. The van der Waals surface area contributed by atoms with E-state index in [4.69, 9.17) is 14.2 Å². The summed E-state index contributed by atoms with van der Waals surface area (Å²) in [5, 5.41) is 0. The fourth-order valence-electron chi connectivity index (χ4n) is 2.88. The van der Waals surface area contributed by atoms with Crippen LogP contribution in [0, 0.1) is 0 Å². The smallest absolute Gasteiger partial charge is 0.349 e. The van der Waals surface area contributed by atoms with Crippen LogP contribution in [0.25, 0.3) is 11.6 Å². The van der Waals surface area contributed by atoms with Crippen LogP contribution in [0.4, 0.5) is 0 Å². The first kappa shape index (κ1) is 18.0. The molecule has 0 spiro atoms. The van der Waals surface area contributed by atoms with Gasteiger partial charge in [-0.2, -0.15) is 0 Å². The predicted molar refractivity (Wildman–Crippen MR) is 99.0 cm³/mol. The van der Waals surface area contributed by atoms with Gasteiger partial charge >= 0.3 is 5.97 Å². The van der Waals surface area contributed by atoms with Gasteiger partial charge in [0.05, 0.1) is 6.61 Å². The molecule has 6 heteroatoms. The summed E-state index contributed by atoms with van der Waals surface area (Å²) in [4.78, 5) is 16.5. The second-order valence-electron chi connectivity index (χ2n) is 6.75. The van der Waals surface area contributed by atoms with Gasteiger partial charge in [-0.05, 0) is 52.0 Å². The van der Waals surface area contributed by atoms with Crippen molar-refractivity contribution in [2.24, 2.45) is 7.05 Å². The van der Waals surface area contributed by atoms with E-state index < -0.39 is 11.6 Å². The van der Waals surface area contributed by atoms with Crippen LogP contribution in [0.2, 0.25) is 0 Å². The molecule has 1 aromatic carbocycles. The molecule has 138 valence electrons. The van der Waals surface area contributed by atoms with Crippen molar-refractivity contribution in [2.45, 2.75) is 39.4 Å². The van der Waals surface area contributed by atoms with Crippen molar-refractivity contribution >= 4 is 17.6 Å². The molecule has 0 saturated carbocycles. The van der Waals surface area contributed by atoms with Crippen LogP contribution in [-0.2, 0) is 16.6 Å². The van der Waals surface area contributed by atoms with Crippen LogP contribution in [0.15, 0.2) is 30.6 Å². The van der Waals surface area contributed by atoms with Crippen molar-refractivity contribution in [2.75, 3.05) is 6.61 Å². The maximum absolute atomic E-state index is 12.1. The van der Waals surface area contributed by atoms with Crippen LogP contribution < -0.4 is 9.47 Å². The van der Waals surface area contributed by atoms with E-state index in [0.717, 1.165) is 22.7 Å². The van der Waals surface area contributed by atoms with Gasteiger partial charge in [0.25, 0.3) is 0 Å². The topological polar surface area (TPSA) is 62.6 Å². The summed E-state index contributed by atoms with van der Waals surface area (Å²) in [5.74, 6) is 1.82. The van der Waals surface area contributed by atoms with E-state index in [1.54, 1.807) is 33.0 Å². The van der Waals surface area contributed by atoms with Crippen molar-refractivity contribution in [1.82, 2.24) is 9.55 Å². The molecule has 0 bridgehead atoms. The van der Waals surface area contributed by atoms with E-state index in [2.05, 4.69) is 11.1 Å². The molecule has 0 N–H and O–H groups in total. The highest BCUT2D eigenvalue weighted by Crippen LogP contribution is 2.36. The van der Waals surface area contributed by atoms with Gasteiger partial charge in [0.15, 0.2) is 5.60 Å². The van der Waals surface area contributed by atoms with Gasteiger partial charge < -0.3 is 18.8 Å². The molecule has 1 unspecified atom stereocenters. The minimum Gasteiger partial charge on any atom is -0.485 e. The molecule has 2 aromatic rings. The van der Waals surface area contributed by atoms with Crippen molar-refractivity contribution in [3.8, 4) is 11.5 Å². The van der Waals surface area contributed by atoms with E-state index in [0.29, 0.717) is 12.4 Å². The molecule has 0 fully saturated rings. The molecule has 6 nitrogen and oxygen atoms in total. The zero-order chi connectivity index (χ0) is 18.9. The van der Waals surface area contributed by atoms with Crippen LogP contribution in [-0.4, -0.2) is 33.8 Å². The summed E-state index contributed by atoms with van der Waals surface area (Å²) in [6.07, 6.45) is 5.61. The minimum atomic E-state index is -1.07. The molecule has 0 aliphatic carbocycles. The maximum atomic E-state index is 12.1. The summed E-state index contributed by atoms with van der Waals surface area (Å²) in [6, 6.07) is 5.52. The third-order valence-corrected chi connectivity index (χ3v) is 4.25. The lowest BCUT2D eigenvalue weighted by Gasteiger charge is -2.27. The Morgan fingerprint density at radius 2 is 2.15 bits per heavy atom. The Labute approximate surface area is 153 Å². The molecule has 26 heavy (non-hydrogen) atoms. The molecule has 1 atom stereocenters. The Bertz CT molecular complexity index is 851. The number of fused-ring (bicyclic) bond motifs is 1. The number of benzene rings is 1. The van der Waals surface area contributed by atoms with E-state index in [1.807, 2.05) is 36.9 Å². The molecule has 0 saturated heterocycles. The Morgan fingerprint density at radius 1 is 1.38 bits per heavy atom. The lowest BCUT2D eigenvalue weighted by Crippen LogP contribution is -2.39. The third kappa shape index (κ3) is 3.45. The number of carbonyl (C=O) groups excluding carboxylic acids is 1. The van der Waals surface area contributed by atoms with Gasteiger partial charge in [0.1, 0.15) is 23.4 Å². The first-order valence-corrected chi connectivity index (χ1v) is 8.68. The van der Waals surface area contributed by atoms with Gasteiger partial charge in [0, 0.05) is 30.6 Å². The number of imidazole rings is 1. The molecule has 1 aliphatic heterocycles. The van der Waals surface area contributed by atoms with Crippen LogP contribution in [0.1, 0.15) is 39.1 Å². The maximum Gasteiger partial charge on any atom is 0.349 e. The first-order chi connectivity index (χ1) is 12.3. The zero-order valence-electron chi connectivity index (χ0n) is 15.8. The van der Waals surface area contributed by atoms with E-state index >= 15 is 0 Å². The van der Waals surface area contributed by atoms with E-state index in [9.17, 15) is 4.79 Å². The number of aryl methyl sites for hydroxylation is 1. The highest BCUT2D eigenvalue weighted by atomic mass is 16.6. The molecule has 0 amide bonds. The summed E-state index contributed by atoms with van der Waals surface area (Å²) < 4.78 is 18.9. The number of esters is 1. The Balaban J connectivity index is 1.91. The van der Waals surface area contributed by atoms with Crippen LogP contribution >= 0.6 is 0 Å². The highest BCUT2D eigenvalue weighted by Gasteiger charge is 2.32. The van der Waals surface area contributed by atoms with Gasteiger partial charge in [-0.3, -0.25) is 0 Å². The number of nitrogens with zero attached hydrogens (tertiary/aromatic N) is 2. The number of aromatic nitrogens is 2. The molecule has 2 heterocycles. The zero-order valence-corrected chi connectivity index (χ0v) is 15.8. The van der Waals surface area contributed by atoms with Crippen molar-refractivity contribution < 1.29 is 19.0 Å². The summed E-state index contributed by atoms with van der Waals surface area (Å²) in [7, 11) is 1.95. The predicted octanol–water partition coefficient (Wildman–Crippen LogP) is 3.46. The normalized spacial score (nSPS) is 16.3. The van der Waals surface area contributed by atoms with Gasteiger partial charge in [-0.25, -0.2) is 9.78 Å². The average molecular weight is 356 g/mol. The first-order valence-electron chi connectivity index (χ1n) is 8.68. The molecule has 1 aliphatic rings. The fourth-order valence-corrected chi connectivity index (χ4v) is 2.88. The standard InChI is InChI=1S/C20H24N2O4/c1-6-24-19(23)20(3,4)26-15-7-8-17-14(11-15)12-16(13(2)25-17)18-21-9-10-22(18)5/h7-13H,6H2,1-5H3. The summed E-state index contributed by atoms with van der Waals surface area (Å²) >= 11 is 0. The SMILES string of the molecule is CCOC(=O)C(C)(C)Oc1ccc2c(c1)C=C(c1nccn1C)C(C)O2. The van der Waals surface area contributed by atoms with Crippen molar-refractivity contribution in [1.29, 1.82) is 0 Å². The van der Waals surface area contributed by atoms with Crippen LogP contribution in [0.5, 0.6) is 11.5 Å². The molecular weight excluding hydrogens is 332 g/mol. The summed E-state index contributed by atoms with van der Waals surface area (Å²) in [5.41, 5.74) is 0.810. The lowest BCUT2D eigenvalue weighted by atomic mass is 10.0. The molecule has 3 rings (SSSR count). The van der Waals surface area contributed by atoms with E-state index in [-0.39, 0.29) is 6.10 Å². The molecule has 0 radical (unpaired) electrons. The Morgan fingerprint density at radius 3 is 2.81 bits per heavy atom.